The van der Waals surface area contributed by atoms with Crippen molar-refractivity contribution in [2.24, 2.45) is 5.92 Å². The molecule has 2 aromatic heterocycles. The Morgan fingerprint density at radius 3 is 2.59 bits per heavy atom. The molecule has 8 nitrogen and oxygen atoms in total. The van der Waals surface area contributed by atoms with E-state index in [1.807, 2.05) is 67.7 Å². The molecule has 1 N–H and O–H groups in total. The number of imidazole rings is 1. The van der Waals surface area contributed by atoms with E-state index in [1.165, 1.54) is 12.1 Å². The Morgan fingerprint density at radius 1 is 1.27 bits per heavy atom. The number of amides is 2. The van der Waals surface area contributed by atoms with Crippen LogP contribution in [0, 0.1) is 17.2 Å². The van der Waals surface area contributed by atoms with E-state index in [9.17, 15) is 23.6 Å². The van der Waals surface area contributed by atoms with Crippen molar-refractivity contribution < 1.29 is 18.4 Å². The van der Waals surface area contributed by atoms with Crippen molar-refractivity contribution in [1.82, 2.24) is 19.4 Å². The Morgan fingerprint density at radius 2 is 1.97 bits per heavy atom. The monoisotopic (exact) mass is 526 g/mol. The van der Waals surface area contributed by atoms with Gasteiger partial charge < -0.3 is 14.4 Å². The number of likely N-dealkylation sites (tertiary alicyclic amines) is 1. The summed E-state index contributed by atoms with van der Waals surface area (Å²) in [6, 6.07) is 12.1. The van der Waals surface area contributed by atoms with Crippen LogP contribution in [0.15, 0.2) is 48.0 Å². The van der Waals surface area contributed by atoms with Crippen molar-refractivity contribution in [3.8, 4) is 6.07 Å². The summed E-state index contributed by atoms with van der Waals surface area (Å²) in [4.78, 5) is 33.8. The number of carbonyl (C=O) groups is 2. The van der Waals surface area contributed by atoms with Crippen molar-refractivity contribution in [2.75, 3.05) is 32.5 Å². The Balaban J connectivity index is 1.49. The number of hydrogen-bond acceptors (Lipinski definition) is 6. The molecule has 1 fully saturated rings. The number of carbonyl (C=O) groups excluding carboxylic acids is 2. The lowest BCUT2D eigenvalue weighted by Gasteiger charge is -2.40. The molecular weight excluding hydrogens is 498 g/mol. The molecule has 1 aliphatic rings. The molecule has 2 amide bonds. The SMILES string of the molecule is CN(C)C(C)(C)/C=C(\C#N)C(=O)N1CC(Cn2c(NC(=O)c3ccc(C(F)F)s3)nc3ccccc32)C1. The molecule has 1 saturated heterocycles. The zero-order valence-electron chi connectivity index (χ0n) is 21.0. The second-order valence-electron chi connectivity index (χ2n) is 9.79. The number of benzene rings is 1. The summed E-state index contributed by atoms with van der Waals surface area (Å²) in [5.41, 5.74) is 1.15. The number of aromatic nitrogens is 2. The first-order valence-corrected chi connectivity index (χ1v) is 12.6. The van der Waals surface area contributed by atoms with Crippen molar-refractivity contribution in [2.45, 2.75) is 32.4 Å². The molecule has 0 radical (unpaired) electrons. The van der Waals surface area contributed by atoms with E-state index >= 15 is 0 Å². The highest BCUT2D eigenvalue weighted by atomic mass is 32.1. The summed E-state index contributed by atoms with van der Waals surface area (Å²) in [7, 11) is 3.77. The van der Waals surface area contributed by atoms with Gasteiger partial charge in [-0.2, -0.15) is 5.26 Å². The maximum atomic E-state index is 13.0. The van der Waals surface area contributed by atoms with E-state index in [2.05, 4.69) is 10.3 Å². The molecule has 37 heavy (non-hydrogen) atoms. The lowest BCUT2D eigenvalue weighted by Crippen LogP contribution is -2.52. The Bertz CT molecular complexity index is 1400. The third kappa shape index (κ3) is 5.55. The first-order chi connectivity index (χ1) is 17.5. The molecule has 0 aliphatic carbocycles. The molecule has 3 heterocycles. The molecule has 0 bridgehead atoms. The second-order valence-corrected chi connectivity index (χ2v) is 10.9. The predicted molar refractivity (Wildman–Crippen MR) is 138 cm³/mol. The van der Waals surface area contributed by atoms with Crippen LogP contribution in [-0.4, -0.2) is 63.9 Å². The van der Waals surface area contributed by atoms with Crippen molar-refractivity contribution in [3.05, 3.63) is 57.8 Å². The summed E-state index contributed by atoms with van der Waals surface area (Å²) in [5, 5.41) is 12.3. The van der Waals surface area contributed by atoms with Gasteiger partial charge in [-0.25, -0.2) is 13.8 Å². The summed E-state index contributed by atoms with van der Waals surface area (Å²) >= 11 is 0.746. The van der Waals surface area contributed by atoms with E-state index in [4.69, 9.17) is 0 Å². The smallest absolute Gasteiger partial charge is 0.272 e. The van der Waals surface area contributed by atoms with Gasteiger partial charge in [0.05, 0.1) is 20.8 Å². The molecule has 0 spiro atoms. The lowest BCUT2D eigenvalue weighted by molar-refractivity contribution is -0.133. The summed E-state index contributed by atoms with van der Waals surface area (Å²) in [5.74, 6) is -0.407. The first kappa shape index (κ1) is 26.4. The highest BCUT2D eigenvalue weighted by molar-refractivity contribution is 7.14. The molecule has 1 aliphatic heterocycles. The molecule has 4 rings (SSSR count). The number of rotatable bonds is 8. The van der Waals surface area contributed by atoms with E-state index < -0.39 is 17.9 Å². The van der Waals surface area contributed by atoms with Gasteiger partial charge >= 0.3 is 0 Å². The number of hydrogen-bond donors (Lipinski definition) is 1. The Hall–Kier alpha value is -3.62. The van der Waals surface area contributed by atoms with Crippen molar-refractivity contribution >= 4 is 40.1 Å². The number of nitriles is 1. The third-order valence-corrected chi connectivity index (χ3v) is 7.72. The zero-order chi connectivity index (χ0) is 26.9. The van der Waals surface area contributed by atoms with Crippen LogP contribution in [0.5, 0.6) is 0 Å². The fourth-order valence-electron chi connectivity index (χ4n) is 4.01. The number of thiophene rings is 1. The topological polar surface area (TPSA) is 94.3 Å². The van der Waals surface area contributed by atoms with Crippen LogP contribution in [-0.2, 0) is 11.3 Å². The number of halogens is 2. The number of alkyl halides is 2. The summed E-state index contributed by atoms with van der Waals surface area (Å²) in [6.45, 7) is 5.27. The average Bonchev–Trinajstić information content (AvgIpc) is 3.44. The minimum Gasteiger partial charge on any atom is -0.337 e. The Labute approximate surface area is 217 Å². The van der Waals surface area contributed by atoms with E-state index in [0.29, 0.717) is 31.1 Å². The number of anilines is 1. The molecule has 3 aromatic rings. The molecule has 1 aromatic carbocycles. The largest absolute Gasteiger partial charge is 0.337 e. The van der Waals surface area contributed by atoms with Gasteiger partial charge in [-0.15, -0.1) is 11.3 Å². The number of para-hydroxylation sites is 2. The van der Waals surface area contributed by atoms with E-state index in [1.54, 1.807) is 11.0 Å². The molecule has 0 atom stereocenters. The molecule has 194 valence electrons. The third-order valence-electron chi connectivity index (χ3n) is 6.63. The lowest BCUT2D eigenvalue weighted by atomic mass is 9.96. The second kappa shape index (κ2) is 10.4. The minimum absolute atomic E-state index is 0.0891. The zero-order valence-corrected chi connectivity index (χ0v) is 21.9. The van der Waals surface area contributed by atoms with Gasteiger partial charge in [-0.05, 0) is 58.3 Å². The fourth-order valence-corrected chi connectivity index (χ4v) is 4.77. The van der Waals surface area contributed by atoms with Crippen LogP contribution >= 0.6 is 11.3 Å². The number of nitrogens with zero attached hydrogens (tertiary/aromatic N) is 5. The number of fused-ring (bicyclic) bond motifs is 1. The highest BCUT2D eigenvalue weighted by Gasteiger charge is 2.34. The number of likely N-dealkylation sites (N-methyl/N-ethyl adjacent to an activating group) is 1. The van der Waals surface area contributed by atoms with Gasteiger partial charge in [0.1, 0.15) is 11.6 Å². The van der Waals surface area contributed by atoms with Gasteiger partial charge in [-0.1, -0.05) is 12.1 Å². The standard InChI is InChI=1S/C26H28F2N6O2S/c1-26(2,32(3)4)11-17(12-29)24(36)33-13-16(14-33)15-34-19-8-6-5-7-18(19)30-25(34)31-23(35)21-10-9-20(37-21)22(27)28/h5-11,16,22H,13-15H2,1-4H3,(H,30,31,35)/b17-11+. The van der Waals surface area contributed by atoms with Gasteiger partial charge in [0.15, 0.2) is 0 Å². The maximum absolute atomic E-state index is 13.0. The van der Waals surface area contributed by atoms with Crippen LogP contribution < -0.4 is 5.32 Å². The van der Waals surface area contributed by atoms with Crippen LogP contribution in [0.25, 0.3) is 11.0 Å². The van der Waals surface area contributed by atoms with Gasteiger partial charge in [0, 0.05) is 31.1 Å². The van der Waals surface area contributed by atoms with Gasteiger partial charge in [-0.3, -0.25) is 14.9 Å². The van der Waals surface area contributed by atoms with Crippen LogP contribution in [0.2, 0.25) is 0 Å². The maximum Gasteiger partial charge on any atom is 0.272 e. The fraction of sp³-hybridized carbons (Fsp3) is 0.385. The predicted octanol–water partition coefficient (Wildman–Crippen LogP) is 4.54. The van der Waals surface area contributed by atoms with Gasteiger partial charge in [0.2, 0.25) is 5.95 Å². The first-order valence-electron chi connectivity index (χ1n) is 11.7. The molecular formula is C26H28F2N6O2S. The van der Waals surface area contributed by atoms with Gasteiger partial charge in [0.25, 0.3) is 18.2 Å². The van der Waals surface area contributed by atoms with Crippen LogP contribution in [0.3, 0.4) is 0 Å². The van der Waals surface area contributed by atoms with Crippen molar-refractivity contribution in [3.63, 3.8) is 0 Å². The molecule has 0 saturated carbocycles. The summed E-state index contributed by atoms with van der Waals surface area (Å²) < 4.78 is 27.8. The molecule has 0 unspecified atom stereocenters. The molecule has 11 heteroatoms. The van der Waals surface area contributed by atoms with Crippen molar-refractivity contribution in [1.29, 1.82) is 5.26 Å². The Kier molecular flexibility index (Phi) is 7.43. The highest BCUT2D eigenvalue weighted by Crippen LogP contribution is 2.29. The normalized spacial score (nSPS) is 14.8. The van der Waals surface area contributed by atoms with E-state index in [0.717, 1.165) is 16.9 Å². The van der Waals surface area contributed by atoms with E-state index in [-0.39, 0.29) is 27.2 Å². The summed E-state index contributed by atoms with van der Waals surface area (Å²) in [6.07, 6.45) is -0.949. The quantitative estimate of drug-likeness (QED) is 0.344. The number of nitrogens with one attached hydrogen (secondary N) is 1. The minimum atomic E-state index is -2.63. The average molecular weight is 527 g/mol. The van der Waals surface area contributed by atoms with Crippen LogP contribution in [0.1, 0.15) is 34.8 Å². The van der Waals surface area contributed by atoms with Crippen LogP contribution in [0.4, 0.5) is 14.7 Å².